The maximum Gasteiger partial charge on any atom is 0.120 e. The van der Waals surface area contributed by atoms with Gasteiger partial charge in [-0.2, -0.15) is 0 Å². The molecule has 1 atom stereocenters. The van der Waals surface area contributed by atoms with Gasteiger partial charge in [0.25, 0.3) is 0 Å². The van der Waals surface area contributed by atoms with Crippen molar-refractivity contribution in [2.24, 2.45) is 29.6 Å². The Hall–Kier alpha value is -0.830. The number of hydrogen-bond donors (Lipinski definition) is 2. The molecule has 4 saturated carbocycles. The molecule has 0 saturated heterocycles. The topological polar surface area (TPSA) is 40.7 Å². The molecule has 3 heteroatoms. The van der Waals surface area contributed by atoms with Crippen molar-refractivity contribution in [3.05, 3.63) is 18.2 Å². The van der Waals surface area contributed by atoms with Gasteiger partial charge in [0.15, 0.2) is 0 Å². The van der Waals surface area contributed by atoms with E-state index < -0.39 is 0 Å². The molecule has 1 heterocycles. The maximum atomic E-state index is 4.31. The molecule has 4 bridgehead atoms. The van der Waals surface area contributed by atoms with Gasteiger partial charge in [-0.15, -0.1) is 0 Å². The van der Waals surface area contributed by atoms with Crippen LogP contribution in [-0.2, 0) is 6.54 Å². The van der Waals surface area contributed by atoms with Crippen LogP contribution in [0.3, 0.4) is 0 Å². The van der Waals surface area contributed by atoms with Gasteiger partial charge in [0.2, 0.25) is 0 Å². The first-order valence-corrected chi connectivity index (χ1v) is 8.01. The number of rotatable bonds is 4. The van der Waals surface area contributed by atoms with Crippen LogP contribution in [0.1, 0.15) is 44.9 Å². The van der Waals surface area contributed by atoms with Crippen LogP contribution >= 0.6 is 0 Å². The van der Waals surface area contributed by atoms with E-state index in [2.05, 4.69) is 22.2 Å². The molecule has 5 rings (SSSR count). The van der Waals surface area contributed by atoms with Gasteiger partial charge in [0.1, 0.15) is 5.82 Å². The summed E-state index contributed by atoms with van der Waals surface area (Å²) >= 11 is 0. The second-order valence-corrected chi connectivity index (χ2v) is 7.21. The van der Waals surface area contributed by atoms with Crippen molar-refractivity contribution in [3.63, 3.8) is 0 Å². The van der Waals surface area contributed by atoms with Gasteiger partial charge in [-0.25, -0.2) is 4.98 Å². The summed E-state index contributed by atoms with van der Waals surface area (Å²) in [5.41, 5.74) is 0. The summed E-state index contributed by atoms with van der Waals surface area (Å²) in [5, 5.41) is 3.72. The van der Waals surface area contributed by atoms with E-state index in [0.717, 1.165) is 42.0 Å². The zero-order valence-electron chi connectivity index (χ0n) is 11.8. The van der Waals surface area contributed by atoms with Crippen LogP contribution in [0.15, 0.2) is 12.4 Å². The van der Waals surface area contributed by atoms with E-state index in [9.17, 15) is 0 Å². The molecule has 4 aliphatic rings. The molecule has 3 nitrogen and oxygen atoms in total. The van der Waals surface area contributed by atoms with Crippen molar-refractivity contribution < 1.29 is 0 Å². The first-order valence-electron chi connectivity index (χ1n) is 8.01. The third-order valence-electron chi connectivity index (χ3n) is 6.02. The molecule has 0 amide bonds. The number of hydrogen-bond acceptors (Lipinski definition) is 2. The van der Waals surface area contributed by atoms with Crippen LogP contribution in [0.2, 0.25) is 0 Å². The summed E-state index contributed by atoms with van der Waals surface area (Å²) in [7, 11) is 0. The van der Waals surface area contributed by atoms with Gasteiger partial charge in [-0.1, -0.05) is 0 Å². The highest BCUT2D eigenvalue weighted by Gasteiger charge is 2.49. The lowest BCUT2D eigenvalue weighted by molar-refractivity contribution is -0.0495. The molecule has 19 heavy (non-hydrogen) atoms. The third kappa shape index (κ3) is 2.12. The normalized spacial score (nSPS) is 41.6. The van der Waals surface area contributed by atoms with Gasteiger partial charge in [-0.05, 0) is 68.6 Å². The molecule has 104 valence electrons. The zero-order valence-corrected chi connectivity index (χ0v) is 11.8. The quantitative estimate of drug-likeness (QED) is 0.873. The van der Waals surface area contributed by atoms with Crippen molar-refractivity contribution >= 4 is 0 Å². The lowest BCUT2D eigenvalue weighted by Gasteiger charge is -2.56. The Morgan fingerprint density at radius 3 is 2.47 bits per heavy atom. The standard InChI is InChI=1S/C16H25N3/c1-10(19-9-15-17-2-3-18-15)16-13-5-11-4-12(7-13)8-14(16)6-11/h2-3,10-14,16,19H,4-9H2,1H3,(H,17,18). The molecule has 1 unspecified atom stereocenters. The van der Waals surface area contributed by atoms with Crippen LogP contribution in [0, 0.1) is 29.6 Å². The van der Waals surface area contributed by atoms with Gasteiger partial charge < -0.3 is 10.3 Å². The van der Waals surface area contributed by atoms with Crippen molar-refractivity contribution in [2.75, 3.05) is 0 Å². The summed E-state index contributed by atoms with van der Waals surface area (Å²) in [5.74, 6) is 6.16. The SMILES string of the molecule is CC(NCc1ncc[nH]1)C1C2CC3CC(C2)CC1C3. The Morgan fingerprint density at radius 1 is 1.21 bits per heavy atom. The Bertz CT molecular complexity index is 397. The minimum atomic E-state index is 0.639. The average molecular weight is 259 g/mol. The molecule has 0 radical (unpaired) electrons. The van der Waals surface area contributed by atoms with Crippen molar-refractivity contribution in [2.45, 2.75) is 51.6 Å². The highest BCUT2D eigenvalue weighted by atomic mass is 15.0. The monoisotopic (exact) mass is 259 g/mol. The summed E-state index contributed by atoms with van der Waals surface area (Å²) in [6.45, 7) is 3.28. The lowest BCUT2D eigenvalue weighted by Crippen LogP contribution is -2.51. The molecule has 4 fully saturated rings. The summed E-state index contributed by atoms with van der Waals surface area (Å²) in [6.07, 6.45) is 11.4. The van der Waals surface area contributed by atoms with Gasteiger partial charge in [0, 0.05) is 18.4 Å². The first kappa shape index (κ1) is 12.0. The number of imidazole rings is 1. The fourth-order valence-corrected chi connectivity index (χ4v) is 5.57. The summed E-state index contributed by atoms with van der Waals surface area (Å²) in [4.78, 5) is 7.49. The van der Waals surface area contributed by atoms with Crippen molar-refractivity contribution in [1.29, 1.82) is 0 Å². The highest BCUT2D eigenvalue weighted by Crippen LogP contribution is 2.57. The molecule has 4 aliphatic carbocycles. The number of aromatic amines is 1. The van der Waals surface area contributed by atoms with E-state index in [-0.39, 0.29) is 0 Å². The number of nitrogens with zero attached hydrogens (tertiary/aromatic N) is 1. The zero-order chi connectivity index (χ0) is 12.8. The van der Waals surface area contributed by atoms with E-state index in [1.54, 1.807) is 6.42 Å². The largest absolute Gasteiger partial charge is 0.348 e. The minimum Gasteiger partial charge on any atom is -0.348 e. The van der Waals surface area contributed by atoms with Crippen molar-refractivity contribution in [1.82, 2.24) is 15.3 Å². The van der Waals surface area contributed by atoms with Crippen LogP contribution in [0.25, 0.3) is 0 Å². The first-order chi connectivity index (χ1) is 9.29. The fourth-order valence-electron chi connectivity index (χ4n) is 5.57. The molecule has 1 aromatic rings. The maximum absolute atomic E-state index is 4.31. The molecule has 2 N–H and O–H groups in total. The molecular weight excluding hydrogens is 234 g/mol. The summed E-state index contributed by atoms with van der Waals surface area (Å²) < 4.78 is 0. The predicted octanol–water partition coefficient (Wildman–Crippen LogP) is 2.96. The van der Waals surface area contributed by atoms with Crippen LogP contribution in [0.4, 0.5) is 0 Å². The van der Waals surface area contributed by atoms with Crippen LogP contribution in [0.5, 0.6) is 0 Å². The Morgan fingerprint density at radius 2 is 1.89 bits per heavy atom. The lowest BCUT2D eigenvalue weighted by atomic mass is 9.50. The minimum absolute atomic E-state index is 0.639. The number of H-pyrrole nitrogens is 1. The van der Waals surface area contributed by atoms with E-state index in [0.29, 0.717) is 6.04 Å². The molecule has 0 aliphatic heterocycles. The second kappa shape index (κ2) is 4.62. The second-order valence-electron chi connectivity index (χ2n) is 7.21. The molecule has 0 aromatic carbocycles. The Kier molecular flexibility index (Phi) is 2.91. The van der Waals surface area contributed by atoms with Gasteiger partial charge >= 0.3 is 0 Å². The molecule has 1 aromatic heterocycles. The summed E-state index contributed by atoms with van der Waals surface area (Å²) in [6, 6.07) is 0.639. The Balaban J connectivity index is 1.41. The fraction of sp³-hybridized carbons (Fsp3) is 0.812. The average Bonchev–Trinajstić information content (AvgIpc) is 2.88. The van der Waals surface area contributed by atoms with Gasteiger partial charge in [0.05, 0.1) is 6.54 Å². The highest BCUT2D eigenvalue weighted by molar-refractivity contribution is 5.01. The molecular formula is C16H25N3. The van der Waals surface area contributed by atoms with Crippen LogP contribution in [-0.4, -0.2) is 16.0 Å². The predicted molar refractivity (Wildman–Crippen MR) is 75.4 cm³/mol. The van der Waals surface area contributed by atoms with E-state index in [1.165, 1.54) is 25.7 Å². The van der Waals surface area contributed by atoms with Crippen molar-refractivity contribution in [3.8, 4) is 0 Å². The Labute approximate surface area is 115 Å². The van der Waals surface area contributed by atoms with E-state index in [4.69, 9.17) is 0 Å². The third-order valence-corrected chi connectivity index (χ3v) is 6.02. The number of aromatic nitrogens is 2. The van der Waals surface area contributed by atoms with E-state index in [1.807, 2.05) is 12.4 Å². The number of nitrogens with one attached hydrogen (secondary N) is 2. The smallest absolute Gasteiger partial charge is 0.120 e. The van der Waals surface area contributed by atoms with Gasteiger partial charge in [-0.3, -0.25) is 0 Å². The van der Waals surface area contributed by atoms with Crippen LogP contribution < -0.4 is 5.32 Å². The molecule has 0 spiro atoms. The van der Waals surface area contributed by atoms with E-state index >= 15 is 0 Å².